The summed E-state index contributed by atoms with van der Waals surface area (Å²) in [7, 11) is 3.30. The lowest BCUT2D eigenvalue weighted by molar-refractivity contribution is -0.122. The van der Waals surface area contributed by atoms with Crippen molar-refractivity contribution in [3.63, 3.8) is 0 Å². The van der Waals surface area contributed by atoms with Crippen LogP contribution in [0.2, 0.25) is 0 Å². The maximum absolute atomic E-state index is 12.3. The Labute approximate surface area is 161 Å². The number of nitrogens with one attached hydrogen (secondary N) is 1. The van der Waals surface area contributed by atoms with Crippen molar-refractivity contribution in [2.24, 2.45) is 0 Å². The van der Waals surface area contributed by atoms with E-state index in [0.29, 0.717) is 13.1 Å². The second-order valence-electron chi connectivity index (χ2n) is 6.88. The van der Waals surface area contributed by atoms with Crippen molar-refractivity contribution in [1.29, 1.82) is 0 Å². The van der Waals surface area contributed by atoms with Crippen LogP contribution in [0.25, 0.3) is 0 Å². The second-order valence-corrected chi connectivity index (χ2v) is 6.88. The number of nitrogens with zero attached hydrogens (tertiary/aromatic N) is 1. The lowest BCUT2D eigenvalue weighted by Gasteiger charge is -2.29. The van der Waals surface area contributed by atoms with Gasteiger partial charge in [-0.3, -0.25) is 9.69 Å². The molecule has 1 amide bonds. The Morgan fingerprint density at radius 1 is 1.07 bits per heavy atom. The molecule has 2 aromatic carbocycles. The number of hydrogen-bond acceptors (Lipinski definition) is 4. The fourth-order valence-corrected chi connectivity index (χ4v) is 3.50. The summed E-state index contributed by atoms with van der Waals surface area (Å²) in [5.41, 5.74) is 3.78. The number of aryl methyl sites for hydroxylation is 1. The highest BCUT2D eigenvalue weighted by atomic mass is 16.5. The molecule has 0 unspecified atom stereocenters. The number of rotatable bonds is 8. The summed E-state index contributed by atoms with van der Waals surface area (Å²) < 4.78 is 10.8. The molecule has 5 nitrogen and oxygen atoms in total. The standard InChI is InChI=1S/C22H28N2O3/c1-26-20-13-18-10-12-24(15-19(18)14-21(20)27-2)16-22(25)23-11-6-9-17-7-4-3-5-8-17/h3-5,7-8,13-14H,6,9-12,15-16H2,1-2H3,(H,23,25). The summed E-state index contributed by atoms with van der Waals surface area (Å²) >= 11 is 0. The maximum Gasteiger partial charge on any atom is 0.234 e. The van der Waals surface area contributed by atoms with Gasteiger partial charge in [-0.25, -0.2) is 0 Å². The molecule has 27 heavy (non-hydrogen) atoms. The van der Waals surface area contributed by atoms with Crippen molar-refractivity contribution in [3.05, 3.63) is 59.2 Å². The summed E-state index contributed by atoms with van der Waals surface area (Å²) in [5.74, 6) is 1.59. The van der Waals surface area contributed by atoms with Gasteiger partial charge in [0.25, 0.3) is 0 Å². The third-order valence-corrected chi connectivity index (χ3v) is 4.97. The number of hydrogen-bond donors (Lipinski definition) is 1. The molecule has 0 atom stereocenters. The third kappa shape index (κ3) is 5.23. The van der Waals surface area contributed by atoms with Crippen LogP contribution < -0.4 is 14.8 Å². The summed E-state index contributed by atoms with van der Waals surface area (Å²) in [6.45, 7) is 2.77. The van der Waals surface area contributed by atoms with Gasteiger partial charge in [-0.2, -0.15) is 0 Å². The smallest absolute Gasteiger partial charge is 0.234 e. The summed E-state index contributed by atoms with van der Waals surface area (Å²) in [4.78, 5) is 14.4. The molecular formula is C22H28N2O3. The molecule has 0 saturated heterocycles. The van der Waals surface area contributed by atoms with Crippen molar-refractivity contribution < 1.29 is 14.3 Å². The average molecular weight is 368 g/mol. The van der Waals surface area contributed by atoms with Crippen molar-refractivity contribution in [3.8, 4) is 11.5 Å². The Morgan fingerprint density at radius 2 is 1.78 bits per heavy atom. The SMILES string of the molecule is COc1cc2c(cc1OC)CN(CC(=O)NCCCc1ccccc1)CC2. The quantitative estimate of drug-likeness (QED) is 0.728. The lowest BCUT2D eigenvalue weighted by Crippen LogP contribution is -2.40. The molecule has 0 radical (unpaired) electrons. The van der Waals surface area contributed by atoms with Gasteiger partial charge in [-0.1, -0.05) is 30.3 Å². The van der Waals surface area contributed by atoms with Gasteiger partial charge in [0, 0.05) is 19.6 Å². The van der Waals surface area contributed by atoms with E-state index in [2.05, 4.69) is 28.4 Å². The number of carbonyl (C=O) groups is 1. The van der Waals surface area contributed by atoms with Gasteiger partial charge in [-0.05, 0) is 48.1 Å². The first-order valence-corrected chi connectivity index (χ1v) is 9.46. The van der Waals surface area contributed by atoms with E-state index in [4.69, 9.17) is 9.47 Å². The van der Waals surface area contributed by atoms with Gasteiger partial charge in [0.15, 0.2) is 11.5 Å². The normalized spacial score (nSPS) is 13.7. The summed E-state index contributed by atoms with van der Waals surface area (Å²) in [6.07, 6.45) is 2.85. The minimum absolute atomic E-state index is 0.0898. The first-order chi connectivity index (χ1) is 13.2. The Balaban J connectivity index is 1.45. The molecule has 0 bridgehead atoms. The zero-order valence-electron chi connectivity index (χ0n) is 16.2. The first kappa shape index (κ1) is 19.2. The molecule has 1 heterocycles. The van der Waals surface area contributed by atoms with E-state index in [1.54, 1.807) is 14.2 Å². The van der Waals surface area contributed by atoms with Crippen molar-refractivity contribution in [2.45, 2.75) is 25.8 Å². The highest BCUT2D eigenvalue weighted by molar-refractivity contribution is 5.78. The average Bonchev–Trinajstić information content (AvgIpc) is 2.71. The Kier molecular flexibility index (Phi) is 6.71. The molecule has 0 saturated carbocycles. The van der Waals surface area contributed by atoms with Crippen molar-refractivity contribution in [1.82, 2.24) is 10.2 Å². The predicted molar refractivity (Wildman–Crippen MR) is 106 cm³/mol. The number of benzene rings is 2. The number of carbonyl (C=O) groups excluding carboxylic acids is 1. The van der Waals surface area contributed by atoms with Gasteiger partial charge >= 0.3 is 0 Å². The number of ether oxygens (including phenoxy) is 2. The lowest BCUT2D eigenvalue weighted by atomic mass is 9.99. The van der Waals surface area contributed by atoms with Gasteiger partial charge in [-0.15, -0.1) is 0 Å². The monoisotopic (exact) mass is 368 g/mol. The summed E-state index contributed by atoms with van der Waals surface area (Å²) in [6, 6.07) is 14.4. The Bertz CT molecular complexity index is 762. The molecule has 1 N–H and O–H groups in total. The van der Waals surface area contributed by atoms with E-state index >= 15 is 0 Å². The zero-order chi connectivity index (χ0) is 19.1. The van der Waals surface area contributed by atoms with Crippen LogP contribution in [-0.4, -0.2) is 44.7 Å². The number of fused-ring (bicyclic) bond motifs is 1. The van der Waals surface area contributed by atoms with Crippen molar-refractivity contribution in [2.75, 3.05) is 33.9 Å². The van der Waals surface area contributed by atoms with Gasteiger partial charge in [0.05, 0.1) is 20.8 Å². The van der Waals surface area contributed by atoms with Gasteiger partial charge in [0.2, 0.25) is 5.91 Å². The molecule has 0 aromatic heterocycles. The fourth-order valence-electron chi connectivity index (χ4n) is 3.50. The highest BCUT2D eigenvalue weighted by Crippen LogP contribution is 2.33. The largest absolute Gasteiger partial charge is 0.493 e. The molecular weight excluding hydrogens is 340 g/mol. The Hall–Kier alpha value is -2.53. The zero-order valence-corrected chi connectivity index (χ0v) is 16.2. The molecule has 5 heteroatoms. The minimum Gasteiger partial charge on any atom is -0.493 e. The van der Waals surface area contributed by atoms with Crippen LogP contribution in [0.5, 0.6) is 11.5 Å². The van der Waals surface area contributed by atoms with Crippen LogP contribution >= 0.6 is 0 Å². The van der Waals surface area contributed by atoms with Crippen LogP contribution in [0.1, 0.15) is 23.1 Å². The second kappa shape index (κ2) is 9.42. The van der Waals surface area contributed by atoms with E-state index in [-0.39, 0.29) is 5.91 Å². The molecule has 0 fully saturated rings. The molecule has 144 valence electrons. The van der Waals surface area contributed by atoms with E-state index < -0.39 is 0 Å². The van der Waals surface area contributed by atoms with E-state index in [1.807, 2.05) is 24.3 Å². The highest BCUT2D eigenvalue weighted by Gasteiger charge is 2.20. The number of methoxy groups -OCH3 is 2. The van der Waals surface area contributed by atoms with Crippen LogP contribution in [0.3, 0.4) is 0 Å². The van der Waals surface area contributed by atoms with Crippen LogP contribution in [0, 0.1) is 0 Å². The van der Waals surface area contributed by atoms with Crippen LogP contribution in [0.4, 0.5) is 0 Å². The molecule has 0 spiro atoms. The van der Waals surface area contributed by atoms with E-state index in [1.165, 1.54) is 16.7 Å². The summed E-state index contributed by atoms with van der Waals surface area (Å²) in [5, 5.41) is 3.04. The molecule has 3 rings (SSSR count). The van der Waals surface area contributed by atoms with Gasteiger partial charge in [0.1, 0.15) is 0 Å². The topological polar surface area (TPSA) is 50.8 Å². The van der Waals surface area contributed by atoms with Crippen LogP contribution in [-0.2, 0) is 24.2 Å². The van der Waals surface area contributed by atoms with E-state index in [0.717, 1.165) is 43.9 Å². The number of amides is 1. The van der Waals surface area contributed by atoms with Gasteiger partial charge < -0.3 is 14.8 Å². The minimum atomic E-state index is 0.0898. The van der Waals surface area contributed by atoms with E-state index in [9.17, 15) is 4.79 Å². The molecule has 1 aliphatic rings. The molecule has 1 aliphatic heterocycles. The van der Waals surface area contributed by atoms with Crippen LogP contribution in [0.15, 0.2) is 42.5 Å². The maximum atomic E-state index is 12.3. The predicted octanol–water partition coefficient (Wildman–Crippen LogP) is 2.81. The molecule has 2 aromatic rings. The Morgan fingerprint density at radius 3 is 2.48 bits per heavy atom. The third-order valence-electron chi connectivity index (χ3n) is 4.97. The fraction of sp³-hybridized carbons (Fsp3) is 0.409. The molecule has 0 aliphatic carbocycles. The van der Waals surface area contributed by atoms with Crippen molar-refractivity contribution >= 4 is 5.91 Å². The first-order valence-electron chi connectivity index (χ1n) is 9.46.